The summed E-state index contributed by atoms with van der Waals surface area (Å²) in [5.74, 6) is 0.959. The minimum absolute atomic E-state index is 0.0102. The van der Waals surface area contributed by atoms with Crippen LogP contribution < -0.4 is 5.32 Å². The maximum absolute atomic E-state index is 12.0. The predicted octanol–water partition coefficient (Wildman–Crippen LogP) is 1.85. The van der Waals surface area contributed by atoms with E-state index in [1.54, 1.807) is 24.3 Å². The van der Waals surface area contributed by atoms with Crippen LogP contribution in [-0.4, -0.2) is 24.9 Å². The first-order chi connectivity index (χ1) is 10.6. The molecule has 1 amide bonds. The Morgan fingerprint density at radius 3 is 2.64 bits per heavy atom. The number of carbonyl (C=O) groups is 1. The molecule has 2 aromatic rings. The Balaban J connectivity index is 1.55. The molecule has 22 heavy (non-hydrogen) atoms. The highest BCUT2D eigenvalue weighted by molar-refractivity contribution is 7.78. The highest BCUT2D eigenvalue weighted by atomic mass is 32.2. The van der Waals surface area contributed by atoms with Gasteiger partial charge in [-0.15, -0.1) is 0 Å². The molecule has 116 valence electrons. The van der Waals surface area contributed by atoms with Crippen LogP contribution in [0.1, 0.15) is 35.6 Å². The van der Waals surface area contributed by atoms with Crippen LogP contribution in [0.25, 0.3) is 0 Å². The van der Waals surface area contributed by atoms with E-state index in [0.29, 0.717) is 17.3 Å². The average molecular weight is 318 g/mol. The number of aromatic nitrogens is 2. The van der Waals surface area contributed by atoms with Gasteiger partial charge in [0.1, 0.15) is 0 Å². The molecule has 1 atom stereocenters. The van der Waals surface area contributed by atoms with Crippen molar-refractivity contribution >= 4 is 22.8 Å². The number of nitrogens with zero attached hydrogens (tertiary/aromatic N) is 1. The van der Waals surface area contributed by atoms with Gasteiger partial charge in [-0.25, -0.2) is 0 Å². The van der Waals surface area contributed by atoms with E-state index in [0.717, 1.165) is 11.3 Å². The van der Waals surface area contributed by atoms with Crippen LogP contribution in [0.3, 0.4) is 0 Å². The zero-order valence-electron chi connectivity index (χ0n) is 11.9. The van der Waals surface area contributed by atoms with Crippen molar-refractivity contribution in [3.05, 3.63) is 47.2 Å². The summed E-state index contributed by atoms with van der Waals surface area (Å²) in [5, 5.41) is 9.78. The fraction of sp³-hybridized carbons (Fsp3) is 0.333. The molecular formula is C15H16N3O3S-. The first kappa shape index (κ1) is 14.9. The molecule has 3 rings (SSSR count). The number of benzene rings is 1. The van der Waals surface area contributed by atoms with E-state index in [4.69, 9.17) is 0 Å². The summed E-state index contributed by atoms with van der Waals surface area (Å²) in [4.78, 5) is 12.0. The Labute approximate surface area is 130 Å². The minimum atomic E-state index is -2.10. The van der Waals surface area contributed by atoms with Gasteiger partial charge in [0.2, 0.25) is 5.91 Å². The fourth-order valence-corrected chi connectivity index (χ4v) is 2.73. The lowest BCUT2D eigenvalue weighted by Gasteiger charge is -2.06. The largest absolute Gasteiger partial charge is 0.772 e. The zero-order chi connectivity index (χ0) is 15.5. The van der Waals surface area contributed by atoms with Crippen LogP contribution in [0, 0.1) is 0 Å². The van der Waals surface area contributed by atoms with Crippen molar-refractivity contribution in [2.45, 2.75) is 30.9 Å². The van der Waals surface area contributed by atoms with Crippen molar-refractivity contribution in [1.29, 1.82) is 0 Å². The Morgan fingerprint density at radius 1 is 1.32 bits per heavy atom. The molecule has 1 aromatic heterocycles. The minimum Gasteiger partial charge on any atom is -0.772 e. The molecule has 1 aliphatic carbocycles. The monoisotopic (exact) mass is 318 g/mol. The maximum Gasteiger partial charge on any atom is 0.229 e. The lowest BCUT2D eigenvalue weighted by Crippen LogP contribution is -2.14. The van der Waals surface area contributed by atoms with Crippen molar-refractivity contribution in [3.8, 4) is 0 Å². The number of nitrogens with one attached hydrogen (secondary N) is 2. The maximum atomic E-state index is 12.0. The number of amides is 1. The van der Waals surface area contributed by atoms with E-state index >= 15 is 0 Å². The van der Waals surface area contributed by atoms with Crippen LogP contribution in [0.2, 0.25) is 0 Å². The average Bonchev–Trinajstić information content (AvgIpc) is 3.21. The summed E-state index contributed by atoms with van der Waals surface area (Å²) in [6, 6.07) is 8.85. The molecule has 1 heterocycles. The van der Waals surface area contributed by atoms with Gasteiger partial charge in [0.15, 0.2) is 5.82 Å². The van der Waals surface area contributed by atoms with E-state index in [2.05, 4.69) is 15.5 Å². The number of rotatable bonds is 6. The van der Waals surface area contributed by atoms with Gasteiger partial charge in [-0.3, -0.25) is 14.1 Å². The molecule has 1 unspecified atom stereocenters. The summed E-state index contributed by atoms with van der Waals surface area (Å²) in [6.07, 6.45) is 2.58. The highest BCUT2D eigenvalue weighted by Crippen LogP contribution is 2.39. The summed E-state index contributed by atoms with van der Waals surface area (Å²) in [5.41, 5.74) is 2.61. The van der Waals surface area contributed by atoms with Crippen molar-refractivity contribution in [2.24, 2.45) is 0 Å². The van der Waals surface area contributed by atoms with Gasteiger partial charge in [0.05, 0.1) is 6.42 Å². The Morgan fingerprint density at radius 2 is 2.00 bits per heavy atom. The topological polar surface area (TPSA) is 97.9 Å². The summed E-state index contributed by atoms with van der Waals surface area (Å²) in [6.45, 7) is 0. The van der Waals surface area contributed by atoms with Crippen LogP contribution in [0.15, 0.2) is 30.3 Å². The number of carbonyl (C=O) groups excluding carboxylic acids is 1. The predicted molar refractivity (Wildman–Crippen MR) is 82.0 cm³/mol. The number of anilines is 1. The first-order valence-corrected chi connectivity index (χ1v) is 8.33. The molecule has 2 N–H and O–H groups in total. The quantitative estimate of drug-likeness (QED) is 0.794. The molecule has 0 bridgehead atoms. The van der Waals surface area contributed by atoms with Crippen molar-refractivity contribution in [1.82, 2.24) is 10.2 Å². The molecule has 0 spiro atoms. The van der Waals surface area contributed by atoms with Crippen LogP contribution >= 0.6 is 0 Å². The first-order valence-electron chi connectivity index (χ1n) is 7.09. The standard InChI is InChI=1S/C15H17N3O3S/c19-15(16-14-8-13(17-18-14)12-5-6-12)7-10-1-3-11(4-2-10)9-22(20)21/h1-4,8,12H,5-7,9H2,(H,20,21)(H2,16,17,18,19)/p-1. The van der Waals surface area contributed by atoms with Crippen molar-refractivity contribution < 1.29 is 13.6 Å². The zero-order valence-corrected chi connectivity index (χ0v) is 12.7. The second kappa shape index (κ2) is 6.41. The Kier molecular flexibility index (Phi) is 4.35. The van der Waals surface area contributed by atoms with E-state index in [-0.39, 0.29) is 18.1 Å². The van der Waals surface area contributed by atoms with E-state index in [1.807, 2.05) is 6.07 Å². The van der Waals surface area contributed by atoms with Gasteiger partial charge in [-0.2, -0.15) is 5.10 Å². The molecule has 1 fully saturated rings. The smallest absolute Gasteiger partial charge is 0.229 e. The highest BCUT2D eigenvalue weighted by Gasteiger charge is 2.25. The van der Waals surface area contributed by atoms with Crippen molar-refractivity contribution in [3.63, 3.8) is 0 Å². The van der Waals surface area contributed by atoms with Gasteiger partial charge >= 0.3 is 0 Å². The third-order valence-electron chi connectivity index (χ3n) is 3.55. The van der Waals surface area contributed by atoms with Crippen LogP contribution in [0.5, 0.6) is 0 Å². The van der Waals surface area contributed by atoms with E-state index in [1.165, 1.54) is 12.8 Å². The van der Waals surface area contributed by atoms with E-state index < -0.39 is 11.1 Å². The summed E-state index contributed by atoms with van der Waals surface area (Å²) >= 11 is -2.10. The SMILES string of the molecule is O=C(Cc1ccc(CS(=O)[O-])cc1)Nc1cc(C2CC2)[nH]n1. The number of hydrogen-bond acceptors (Lipinski definition) is 4. The third-order valence-corrected chi connectivity index (χ3v) is 4.12. The number of aromatic amines is 1. The number of H-pyrrole nitrogens is 1. The molecule has 7 heteroatoms. The molecule has 1 saturated carbocycles. The van der Waals surface area contributed by atoms with Crippen LogP contribution in [0.4, 0.5) is 5.82 Å². The normalized spacial score (nSPS) is 15.5. The molecule has 6 nitrogen and oxygen atoms in total. The molecule has 1 aliphatic rings. The van der Waals surface area contributed by atoms with Gasteiger partial charge in [0, 0.05) is 23.4 Å². The molecule has 0 radical (unpaired) electrons. The second-order valence-electron chi connectivity index (χ2n) is 5.47. The van der Waals surface area contributed by atoms with Gasteiger partial charge in [-0.05, 0) is 24.0 Å². The molecule has 0 saturated heterocycles. The van der Waals surface area contributed by atoms with E-state index in [9.17, 15) is 13.6 Å². The number of hydrogen-bond donors (Lipinski definition) is 2. The molecule has 1 aromatic carbocycles. The van der Waals surface area contributed by atoms with Gasteiger partial charge in [0.25, 0.3) is 0 Å². The van der Waals surface area contributed by atoms with Gasteiger partial charge in [-0.1, -0.05) is 35.3 Å². The van der Waals surface area contributed by atoms with Gasteiger partial charge < -0.3 is 9.87 Å². The second-order valence-corrected chi connectivity index (χ2v) is 6.37. The lowest BCUT2D eigenvalue weighted by atomic mass is 10.1. The third kappa shape index (κ3) is 4.02. The summed E-state index contributed by atoms with van der Waals surface area (Å²) < 4.78 is 21.2. The molecular weight excluding hydrogens is 302 g/mol. The van der Waals surface area contributed by atoms with Crippen LogP contribution in [-0.2, 0) is 28.0 Å². The van der Waals surface area contributed by atoms with Crippen molar-refractivity contribution in [2.75, 3.05) is 5.32 Å². The Hall–Kier alpha value is -1.99. The lowest BCUT2D eigenvalue weighted by molar-refractivity contribution is -0.115. The summed E-state index contributed by atoms with van der Waals surface area (Å²) in [7, 11) is 0. The fourth-order valence-electron chi connectivity index (χ4n) is 2.27. The Bertz CT molecular complexity index is 692. The molecule has 0 aliphatic heterocycles.